The van der Waals surface area contributed by atoms with Crippen molar-refractivity contribution in [3.63, 3.8) is 0 Å². The van der Waals surface area contributed by atoms with Crippen molar-refractivity contribution in [2.45, 2.75) is 18.1 Å². The molecule has 10 rings (SSSR count). The second kappa shape index (κ2) is 11.4. The third-order valence-electron chi connectivity index (χ3n) is 10.6. The molecule has 3 N–H and O–H groups in total. The molecule has 238 valence electrons. The Morgan fingerprint density at radius 3 is 2.08 bits per heavy atom. The first-order valence-corrected chi connectivity index (χ1v) is 18.0. The standard InChI is InChI=1S/C46H33N3S/c47-44(30-13-3-1-4-14-30)49-45(31-15-5-2-6-16-31)48-28-29-23-24-33-32-17-7-10-20-37(32)46(40(33)27-29)38-21-11-8-19-36(38)42-39(46)26-25-35-34-18-9-12-22-41(34)50-43(35)42/h1-27,44H,28,47H2,(H,48,49). The van der Waals surface area contributed by atoms with E-state index in [1.165, 1.54) is 64.7 Å². The average molecular weight is 660 g/mol. The van der Waals surface area contributed by atoms with Gasteiger partial charge in [-0.1, -0.05) is 158 Å². The van der Waals surface area contributed by atoms with Gasteiger partial charge in [0.15, 0.2) is 0 Å². The van der Waals surface area contributed by atoms with Gasteiger partial charge in [0.25, 0.3) is 0 Å². The summed E-state index contributed by atoms with van der Waals surface area (Å²) in [7, 11) is 0. The van der Waals surface area contributed by atoms with Crippen LogP contribution in [0.3, 0.4) is 0 Å². The minimum Gasteiger partial charge on any atom is -0.351 e. The van der Waals surface area contributed by atoms with Crippen molar-refractivity contribution in [1.82, 2.24) is 5.32 Å². The maximum absolute atomic E-state index is 6.67. The fourth-order valence-corrected chi connectivity index (χ4v) is 9.69. The normalized spacial score (nSPS) is 16.3. The Kier molecular flexibility index (Phi) is 6.63. The fraction of sp³-hybridized carbons (Fsp3) is 0.0652. The topological polar surface area (TPSA) is 50.4 Å². The molecule has 3 nitrogen and oxygen atoms in total. The number of hydrogen-bond donors (Lipinski definition) is 2. The predicted molar refractivity (Wildman–Crippen MR) is 209 cm³/mol. The highest BCUT2D eigenvalue weighted by atomic mass is 32.1. The monoisotopic (exact) mass is 659 g/mol. The molecule has 2 aliphatic rings. The van der Waals surface area contributed by atoms with Gasteiger partial charge in [0.1, 0.15) is 12.0 Å². The van der Waals surface area contributed by atoms with E-state index in [4.69, 9.17) is 10.7 Å². The van der Waals surface area contributed by atoms with Crippen molar-refractivity contribution in [3.05, 3.63) is 203 Å². The van der Waals surface area contributed by atoms with E-state index in [2.05, 4.69) is 121 Å². The Morgan fingerprint density at radius 2 is 1.26 bits per heavy atom. The van der Waals surface area contributed by atoms with E-state index >= 15 is 0 Å². The predicted octanol–water partition coefficient (Wildman–Crippen LogP) is 10.6. The molecule has 0 saturated carbocycles. The van der Waals surface area contributed by atoms with Crippen LogP contribution < -0.4 is 11.1 Å². The van der Waals surface area contributed by atoms with Gasteiger partial charge in [-0.15, -0.1) is 11.3 Å². The number of rotatable bonds is 5. The van der Waals surface area contributed by atoms with E-state index in [0.29, 0.717) is 6.54 Å². The summed E-state index contributed by atoms with van der Waals surface area (Å²) in [5.41, 5.74) is 20.1. The third-order valence-corrected chi connectivity index (χ3v) is 11.8. The van der Waals surface area contributed by atoms with Crippen LogP contribution in [0.4, 0.5) is 0 Å². The quantitative estimate of drug-likeness (QED) is 0.110. The van der Waals surface area contributed by atoms with Gasteiger partial charge in [-0.2, -0.15) is 0 Å². The fourth-order valence-electron chi connectivity index (χ4n) is 8.42. The summed E-state index contributed by atoms with van der Waals surface area (Å²) in [6.07, 6.45) is -0.384. The van der Waals surface area contributed by atoms with Gasteiger partial charge in [0, 0.05) is 31.3 Å². The third kappa shape index (κ3) is 4.22. The zero-order valence-electron chi connectivity index (χ0n) is 27.3. The zero-order chi connectivity index (χ0) is 33.2. The second-order valence-corrected chi connectivity index (χ2v) is 14.3. The minimum absolute atomic E-state index is 0.384. The van der Waals surface area contributed by atoms with E-state index < -0.39 is 5.41 Å². The number of aliphatic imine (C=N–C) groups is 1. The molecule has 0 amide bonds. The van der Waals surface area contributed by atoms with E-state index in [9.17, 15) is 0 Å². The maximum Gasteiger partial charge on any atom is 0.130 e. The average Bonchev–Trinajstić information content (AvgIpc) is 3.81. The summed E-state index contributed by atoms with van der Waals surface area (Å²) in [4.78, 5) is 5.20. The lowest BCUT2D eigenvalue weighted by atomic mass is 9.70. The van der Waals surface area contributed by atoms with Crippen molar-refractivity contribution < 1.29 is 0 Å². The van der Waals surface area contributed by atoms with Crippen LogP contribution in [0.25, 0.3) is 42.4 Å². The van der Waals surface area contributed by atoms with Gasteiger partial charge in [0.05, 0.1) is 12.0 Å². The van der Waals surface area contributed by atoms with Gasteiger partial charge >= 0.3 is 0 Å². The molecule has 1 spiro atoms. The van der Waals surface area contributed by atoms with Gasteiger partial charge in [-0.25, -0.2) is 0 Å². The number of nitrogens with one attached hydrogen (secondary N) is 1. The van der Waals surface area contributed by atoms with E-state index in [-0.39, 0.29) is 6.17 Å². The van der Waals surface area contributed by atoms with Crippen LogP contribution in [0.15, 0.2) is 169 Å². The highest BCUT2D eigenvalue weighted by molar-refractivity contribution is 7.26. The number of nitrogens with two attached hydrogens (primary N) is 1. The molecule has 8 aromatic rings. The number of thiophene rings is 1. The number of hydrogen-bond acceptors (Lipinski definition) is 3. The molecule has 0 fully saturated rings. The molecule has 2 unspecified atom stereocenters. The van der Waals surface area contributed by atoms with Crippen LogP contribution in [0.1, 0.15) is 45.1 Å². The van der Waals surface area contributed by atoms with Crippen LogP contribution in [0.5, 0.6) is 0 Å². The Bertz CT molecular complexity index is 2620. The summed E-state index contributed by atoms with van der Waals surface area (Å²) in [6.45, 7) is 0.516. The maximum atomic E-state index is 6.67. The molecule has 1 heterocycles. The Labute approximate surface area is 295 Å². The van der Waals surface area contributed by atoms with Gasteiger partial charge in [-0.3, -0.25) is 4.99 Å². The molecule has 50 heavy (non-hydrogen) atoms. The molecule has 0 radical (unpaired) electrons. The molecule has 0 aliphatic heterocycles. The Balaban J connectivity index is 1.15. The van der Waals surface area contributed by atoms with E-state index in [1.807, 2.05) is 59.9 Å². The summed E-state index contributed by atoms with van der Waals surface area (Å²) in [5, 5.41) is 6.18. The number of benzene rings is 7. The molecule has 2 atom stereocenters. The van der Waals surface area contributed by atoms with Gasteiger partial charge in [0.2, 0.25) is 0 Å². The van der Waals surface area contributed by atoms with Crippen molar-refractivity contribution in [2.24, 2.45) is 10.7 Å². The van der Waals surface area contributed by atoms with Crippen molar-refractivity contribution in [2.75, 3.05) is 0 Å². The molecule has 0 bridgehead atoms. The van der Waals surface area contributed by atoms with Gasteiger partial charge < -0.3 is 11.1 Å². The van der Waals surface area contributed by atoms with Crippen LogP contribution in [0.2, 0.25) is 0 Å². The summed E-state index contributed by atoms with van der Waals surface area (Å²) >= 11 is 1.92. The molecule has 4 heteroatoms. The highest BCUT2D eigenvalue weighted by Gasteiger charge is 2.52. The first kappa shape index (κ1) is 29.1. The smallest absolute Gasteiger partial charge is 0.130 e. The first-order chi connectivity index (χ1) is 24.7. The molecule has 0 saturated heterocycles. The molecular weight excluding hydrogens is 627 g/mol. The summed E-state index contributed by atoms with van der Waals surface area (Å²) in [5.74, 6) is 0.782. The molecular formula is C46H33N3S. The summed E-state index contributed by atoms with van der Waals surface area (Å²) < 4.78 is 2.70. The largest absolute Gasteiger partial charge is 0.351 e. The lowest BCUT2D eigenvalue weighted by Gasteiger charge is -2.30. The molecule has 2 aliphatic carbocycles. The lowest BCUT2D eigenvalue weighted by Crippen LogP contribution is -2.34. The van der Waals surface area contributed by atoms with Crippen molar-refractivity contribution >= 4 is 37.3 Å². The number of fused-ring (bicyclic) bond motifs is 14. The van der Waals surface area contributed by atoms with Crippen molar-refractivity contribution in [1.29, 1.82) is 0 Å². The van der Waals surface area contributed by atoms with Crippen LogP contribution >= 0.6 is 11.3 Å². The zero-order valence-corrected chi connectivity index (χ0v) is 28.1. The van der Waals surface area contributed by atoms with Crippen LogP contribution in [-0.2, 0) is 12.0 Å². The van der Waals surface area contributed by atoms with E-state index in [0.717, 1.165) is 22.5 Å². The summed E-state index contributed by atoms with van der Waals surface area (Å²) in [6, 6.07) is 59.1. The van der Waals surface area contributed by atoms with Crippen molar-refractivity contribution in [3.8, 4) is 22.3 Å². The Hall–Kier alpha value is -5.81. The first-order valence-electron chi connectivity index (χ1n) is 17.2. The molecule has 7 aromatic carbocycles. The highest BCUT2D eigenvalue weighted by Crippen LogP contribution is 2.64. The van der Waals surface area contributed by atoms with Crippen LogP contribution in [-0.4, -0.2) is 5.84 Å². The lowest BCUT2D eigenvalue weighted by molar-refractivity contribution is 0.678. The van der Waals surface area contributed by atoms with Crippen LogP contribution in [0, 0.1) is 0 Å². The molecule has 1 aromatic heterocycles. The second-order valence-electron chi connectivity index (χ2n) is 13.2. The minimum atomic E-state index is -0.419. The SMILES string of the molecule is NC(N/C(=N\Cc1ccc2c(c1)C1(c3ccccc3-2)c2ccccc2-c2c1ccc1c2sc2ccccc21)c1ccccc1)c1ccccc1. The number of nitrogens with zero attached hydrogens (tertiary/aromatic N) is 1. The van der Waals surface area contributed by atoms with Gasteiger partial charge in [-0.05, 0) is 56.1 Å². The number of amidine groups is 1. The van der Waals surface area contributed by atoms with E-state index in [1.54, 1.807) is 0 Å². The Morgan fingerprint density at radius 1 is 0.600 bits per heavy atom.